The van der Waals surface area contributed by atoms with Gasteiger partial charge in [-0.1, -0.05) is 0 Å². The Bertz CT molecular complexity index is 805. The SMILES string of the molecule is CCO[C@H]1COC[C@@H]1NC(=O)Nc1ccc2sc(C(=O)N(C)C)cc2c1. The predicted octanol–water partition coefficient (Wildman–Crippen LogP) is 2.53. The fourth-order valence-corrected chi connectivity index (χ4v) is 3.89. The smallest absolute Gasteiger partial charge is 0.319 e. The molecule has 2 atom stereocenters. The van der Waals surface area contributed by atoms with E-state index in [4.69, 9.17) is 9.47 Å². The molecule has 140 valence electrons. The molecule has 3 amide bonds. The lowest BCUT2D eigenvalue weighted by atomic mass is 10.2. The van der Waals surface area contributed by atoms with E-state index in [0.29, 0.717) is 30.4 Å². The molecule has 1 saturated heterocycles. The summed E-state index contributed by atoms with van der Waals surface area (Å²) in [6.45, 7) is 3.43. The third-order valence-corrected chi connectivity index (χ3v) is 5.22. The molecule has 1 aliphatic rings. The van der Waals surface area contributed by atoms with Crippen LogP contribution in [0.4, 0.5) is 10.5 Å². The van der Waals surface area contributed by atoms with Gasteiger partial charge in [0.1, 0.15) is 6.10 Å². The van der Waals surface area contributed by atoms with E-state index in [-0.39, 0.29) is 24.1 Å². The maximum atomic E-state index is 12.3. The summed E-state index contributed by atoms with van der Waals surface area (Å²) in [7, 11) is 3.46. The van der Waals surface area contributed by atoms with Gasteiger partial charge in [-0.2, -0.15) is 0 Å². The highest BCUT2D eigenvalue weighted by Crippen LogP contribution is 2.28. The minimum Gasteiger partial charge on any atom is -0.376 e. The molecule has 0 radical (unpaired) electrons. The van der Waals surface area contributed by atoms with E-state index in [0.717, 1.165) is 10.1 Å². The molecule has 0 spiro atoms. The van der Waals surface area contributed by atoms with Crippen LogP contribution in [0.5, 0.6) is 0 Å². The molecule has 2 heterocycles. The van der Waals surface area contributed by atoms with Crippen molar-refractivity contribution in [1.82, 2.24) is 10.2 Å². The fourth-order valence-electron chi connectivity index (χ4n) is 2.83. The van der Waals surface area contributed by atoms with Crippen molar-refractivity contribution in [2.45, 2.75) is 19.1 Å². The van der Waals surface area contributed by atoms with Crippen LogP contribution in [0.15, 0.2) is 24.3 Å². The van der Waals surface area contributed by atoms with Crippen LogP contribution >= 0.6 is 11.3 Å². The van der Waals surface area contributed by atoms with Gasteiger partial charge in [-0.3, -0.25) is 4.79 Å². The number of nitrogens with zero attached hydrogens (tertiary/aromatic N) is 1. The monoisotopic (exact) mass is 377 g/mol. The lowest BCUT2D eigenvalue weighted by molar-refractivity contribution is 0.0428. The zero-order valence-corrected chi connectivity index (χ0v) is 15.9. The Morgan fingerprint density at radius 2 is 2.12 bits per heavy atom. The first-order valence-electron chi connectivity index (χ1n) is 8.50. The quantitative estimate of drug-likeness (QED) is 0.839. The number of anilines is 1. The van der Waals surface area contributed by atoms with Gasteiger partial charge in [0.15, 0.2) is 0 Å². The molecule has 0 unspecified atom stereocenters. The fraction of sp³-hybridized carbons (Fsp3) is 0.444. The summed E-state index contributed by atoms with van der Waals surface area (Å²) in [6.07, 6.45) is -0.121. The Hall–Kier alpha value is -2.16. The molecule has 3 rings (SSSR count). The van der Waals surface area contributed by atoms with Crippen molar-refractivity contribution in [2.24, 2.45) is 0 Å². The molecule has 0 aliphatic carbocycles. The van der Waals surface area contributed by atoms with Gasteiger partial charge in [-0.15, -0.1) is 11.3 Å². The maximum Gasteiger partial charge on any atom is 0.319 e. The molecule has 0 saturated carbocycles. The second kappa shape index (κ2) is 8.03. The Labute approximate surface area is 156 Å². The zero-order chi connectivity index (χ0) is 18.7. The predicted molar refractivity (Wildman–Crippen MR) is 102 cm³/mol. The lowest BCUT2D eigenvalue weighted by Gasteiger charge is -2.19. The first-order chi connectivity index (χ1) is 12.5. The topological polar surface area (TPSA) is 79.9 Å². The molecule has 1 aliphatic heterocycles. The zero-order valence-electron chi connectivity index (χ0n) is 15.1. The number of rotatable bonds is 5. The number of fused-ring (bicyclic) bond motifs is 1. The number of amides is 3. The number of benzene rings is 1. The number of thiophene rings is 1. The maximum absolute atomic E-state index is 12.3. The minimum absolute atomic E-state index is 0.0262. The van der Waals surface area contributed by atoms with E-state index < -0.39 is 0 Å². The first kappa shape index (κ1) is 18.6. The number of urea groups is 1. The van der Waals surface area contributed by atoms with Crippen LogP contribution in [0, 0.1) is 0 Å². The standard InChI is InChI=1S/C18H23N3O4S/c1-4-25-14-10-24-9-13(14)20-18(23)19-12-5-6-15-11(7-12)8-16(26-15)17(22)21(2)3/h5-8,13-14H,4,9-10H2,1-3H3,(H2,19,20,23)/t13-,14-/m0/s1. The van der Waals surface area contributed by atoms with Crippen LogP contribution in [0.3, 0.4) is 0 Å². The number of carbonyl (C=O) groups excluding carboxylic acids is 2. The molecular weight excluding hydrogens is 354 g/mol. The third-order valence-electron chi connectivity index (χ3n) is 4.12. The van der Waals surface area contributed by atoms with Crippen molar-refractivity contribution in [2.75, 3.05) is 39.2 Å². The van der Waals surface area contributed by atoms with Crippen molar-refractivity contribution in [1.29, 1.82) is 0 Å². The number of carbonyl (C=O) groups is 2. The van der Waals surface area contributed by atoms with Crippen molar-refractivity contribution in [3.05, 3.63) is 29.1 Å². The van der Waals surface area contributed by atoms with Crippen LogP contribution in [-0.2, 0) is 9.47 Å². The number of hydrogen-bond donors (Lipinski definition) is 2. The van der Waals surface area contributed by atoms with E-state index >= 15 is 0 Å². The van der Waals surface area contributed by atoms with E-state index in [1.165, 1.54) is 11.3 Å². The lowest BCUT2D eigenvalue weighted by Crippen LogP contribution is -2.45. The molecule has 7 nitrogen and oxygen atoms in total. The van der Waals surface area contributed by atoms with Crippen LogP contribution in [0.25, 0.3) is 10.1 Å². The number of ether oxygens (including phenoxy) is 2. The highest BCUT2D eigenvalue weighted by molar-refractivity contribution is 7.20. The average molecular weight is 377 g/mol. The molecule has 0 bridgehead atoms. The molecular formula is C18H23N3O4S. The van der Waals surface area contributed by atoms with E-state index in [1.807, 2.05) is 31.2 Å². The van der Waals surface area contributed by atoms with E-state index in [9.17, 15) is 9.59 Å². The summed E-state index contributed by atoms with van der Waals surface area (Å²) in [5, 5.41) is 6.65. The summed E-state index contributed by atoms with van der Waals surface area (Å²) >= 11 is 1.44. The molecule has 8 heteroatoms. The summed E-state index contributed by atoms with van der Waals surface area (Å²) in [6, 6.07) is 6.98. The van der Waals surface area contributed by atoms with Crippen LogP contribution in [0.2, 0.25) is 0 Å². The second-order valence-electron chi connectivity index (χ2n) is 6.30. The third kappa shape index (κ3) is 4.14. The highest BCUT2D eigenvalue weighted by Gasteiger charge is 2.30. The summed E-state index contributed by atoms with van der Waals surface area (Å²) in [5.74, 6) is -0.0262. The molecule has 1 fully saturated rings. The average Bonchev–Trinajstić information content (AvgIpc) is 3.21. The highest BCUT2D eigenvalue weighted by atomic mass is 32.1. The molecule has 2 N–H and O–H groups in total. The Morgan fingerprint density at radius 3 is 2.85 bits per heavy atom. The second-order valence-corrected chi connectivity index (χ2v) is 7.38. The van der Waals surface area contributed by atoms with E-state index in [2.05, 4.69) is 10.6 Å². The van der Waals surface area contributed by atoms with Gasteiger partial charge in [0.2, 0.25) is 0 Å². The van der Waals surface area contributed by atoms with Crippen LogP contribution in [-0.4, -0.2) is 62.9 Å². The van der Waals surface area contributed by atoms with Gasteiger partial charge in [0.05, 0.1) is 24.1 Å². The molecule has 1 aromatic carbocycles. The van der Waals surface area contributed by atoms with Crippen molar-refractivity contribution < 1.29 is 19.1 Å². The van der Waals surface area contributed by atoms with E-state index in [1.54, 1.807) is 19.0 Å². The van der Waals surface area contributed by atoms with Gasteiger partial charge >= 0.3 is 6.03 Å². The number of hydrogen-bond acceptors (Lipinski definition) is 5. The Balaban J connectivity index is 1.66. The molecule has 1 aromatic heterocycles. The van der Waals surface area contributed by atoms with Gasteiger partial charge in [-0.25, -0.2) is 4.79 Å². The minimum atomic E-state index is -0.302. The normalized spacial score (nSPS) is 19.5. The Kier molecular flexibility index (Phi) is 5.75. The van der Waals surface area contributed by atoms with Crippen molar-refractivity contribution >= 4 is 39.0 Å². The molecule has 26 heavy (non-hydrogen) atoms. The van der Waals surface area contributed by atoms with Crippen LogP contribution in [0.1, 0.15) is 16.6 Å². The summed E-state index contributed by atoms with van der Waals surface area (Å²) in [4.78, 5) is 26.6. The Morgan fingerprint density at radius 1 is 1.31 bits per heavy atom. The van der Waals surface area contributed by atoms with Crippen molar-refractivity contribution in [3.8, 4) is 0 Å². The molecule has 2 aromatic rings. The summed E-state index contributed by atoms with van der Waals surface area (Å²) < 4.78 is 11.9. The summed E-state index contributed by atoms with van der Waals surface area (Å²) in [5.41, 5.74) is 0.670. The van der Waals surface area contributed by atoms with Gasteiger partial charge in [0.25, 0.3) is 5.91 Å². The van der Waals surface area contributed by atoms with Gasteiger partial charge in [0, 0.05) is 31.1 Å². The van der Waals surface area contributed by atoms with Crippen molar-refractivity contribution in [3.63, 3.8) is 0 Å². The number of nitrogens with one attached hydrogen (secondary N) is 2. The van der Waals surface area contributed by atoms with Gasteiger partial charge in [-0.05, 0) is 36.6 Å². The first-order valence-corrected chi connectivity index (χ1v) is 9.31. The van der Waals surface area contributed by atoms with Gasteiger partial charge < -0.3 is 25.0 Å². The van der Waals surface area contributed by atoms with Crippen LogP contribution < -0.4 is 10.6 Å². The largest absolute Gasteiger partial charge is 0.376 e.